The van der Waals surface area contributed by atoms with Gasteiger partial charge in [0.2, 0.25) is 0 Å². The Morgan fingerprint density at radius 2 is 2.00 bits per heavy atom. The lowest BCUT2D eigenvalue weighted by Gasteiger charge is -2.19. The minimum Gasteiger partial charge on any atom is -0.126 e. The molecule has 0 N–H and O–H groups in total. The molecule has 0 saturated carbocycles. The summed E-state index contributed by atoms with van der Waals surface area (Å²) in [7, 11) is -1.65. The van der Waals surface area contributed by atoms with Crippen molar-refractivity contribution in [1.29, 1.82) is 0 Å². The molecule has 0 nitrogen and oxygen atoms in total. The fourth-order valence-corrected chi connectivity index (χ4v) is 4.36. The number of rotatable bonds is 5. The molecule has 90 valence electrons. The highest BCUT2D eigenvalue weighted by Crippen LogP contribution is 2.10. The normalized spacial score (nSPS) is 13.3. The highest BCUT2D eigenvalue weighted by atomic mass is 28.3. The Kier molecular flexibility index (Phi) is 5.80. The van der Waals surface area contributed by atoms with Crippen LogP contribution in [0.1, 0.15) is 26.2 Å². The van der Waals surface area contributed by atoms with Crippen molar-refractivity contribution in [2.45, 2.75) is 38.8 Å². The Balaban J connectivity index is 2.88. The van der Waals surface area contributed by atoms with E-state index in [1.165, 1.54) is 18.0 Å². The third-order valence-electron chi connectivity index (χ3n) is 2.98. The van der Waals surface area contributed by atoms with Crippen LogP contribution in [0.15, 0.2) is 43.0 Å². The molecule has 1 atom stereocenters. The van der Waals surface area contributed by atoms with Gasteiger partial charge >= 0.3 is 0 Å². The van der Waals surface area contributed by atoms with Gasteiger partial charge in [-0.15, -0.1) is 18.0 Å². The Morgan fingerprint density at radius 1 is 1.29 bits per heavy atom. The van der Waals surface area contributed by atoms with Gasteiger partial charge in [-0.2, -0.15) is 0 Å². The van der Waals surface area contributed by atoms with Crippen molar-refractivity contribution in [3.8, 4) is 11.5 Å². The van der Waals surface area contributed by atoms with E-state index in [1.807, 2.05) is 6.08 Å². The van der Waals surface area contributed by atoms with Crippen LogP contribution in [0.5, 0.6) is 0 Å². The van der Waals surface area contributed by atoms with Gasteiger partial charge in [0.15, 0.2) is 8.07 Å². The van der Waals surface area contributed by atoms with Gasteiger partial charge in [0, 0.05) is 6.42 Å². The van der Waals surface area contributed by atoms with Crippen molar-refractivity contribution in [2.24, 2.45) is 0 Å². The molecular weight excluding hydrogens is 220 g/mol. The quantitative estimate of drug-likeness (QED) is 0.318. The summed E-state index contributed by atoms with van der Waals surface area (Å²) in [4.78, 5) is 0. The Morgan fingerprint density at radius 3 is 2.59 bits per heavy atom. The second kappa shape index (κ2) is 7.14. The topological polar surface area (TPSA) is 0 Å². The summed E-state index contributed by atoms with van der Waals surface area (Å²) in [5, 5.41) is 1.42. The molecule has 1 heteroatoms. The molecule has 0 heterocycles. The van der Waals surface area contributed by atoms with Gasteiger partial charge in [0.1, 0.15) is 0 Å². The van der Waals surface area contributed by atoms with Crippen LogP contribution in [0, 0.1) is 11.5 Å². The van der Waals surface area contributed by atoms with Crippen LogP contribution >= 0.6 is 0 Å². The predicted molar refractivity (Wildman–Crippen MR) is 80.0 cm³/mol. The van der Waals surface area contributed by atoms with E-state index in [2.05, 4.69) is 61.8 Å². The maximum atomic E-state index is 3.88. The van der Waals surface area contributed by atoms with Crippen molar-refractivity contribution < 1.29 is 0 Å². The zero-order valence-electron chi connectivity index (χ0n) is 11.0. The van der Waals surface area contributed by atoms with Crippen LogP contribution in [0.2, 0.25) is 12.6 Å². The third-order valence-corrected chi connectivity index (χ3v) is 6.42. The van der Waals surface area contributed by atoms with E-state index in [4.69, 9.17) is 0 Å². The summed E-state index contributed by atoms with van der Waals surface area (Å²) in [5.41, 5.74) is 3.57. The first-order valence-electron chi connectivity index (χ1n) is 6.39. The van der Waals surface area contributed by atoms with E-state index in [0.29, 0.717) is 0 Å². The van der Waals surface area contributed by atoms with Crippen molar-refractivity contribution in [3.63, 3.8) is 0 Å². The first kappa shape index (κ1) is 13.8. The average Bonchev–Trinajstić information content (AvgIpc) is 2.36. The van der Waals surface area contributed by atoms with E-state index >= 15 is 0 Å². The molecule has 17 heavy (non-hydrogen) atoms. The predicted octanol–water partition coefficient (Wildman–Crippen LogP) is 3.89. The minimum absolute atomic E-state index is 1.03. The second-order valence-corrected chi connectivity index (χ2v) is 8.50. The molecule has 0 aliphatic rings. The number of unbranched alkanes of at least 4 members (excludes halogenated alkanes) is 2. The lowest BCUT2D eigenvalue weighted by atomic mass is 10.3. The van der Waals surface area contributed by atoms with Crippen LogP contribution in [0.3, 0.4) is 0 Å². The van der Waals surface area contributed by atoms with Crippen LogP contribution in [0.25, 0.3) is 0 Å². The zero-order valence-corrected chi connectivity index (χ0v) is 12.0. The first-order chi connectivity index (χ1) is 8.23. The molecule has 0 fully saturated rings. The highest BCUT2D eigenvalue weighted by Gasteiger charge is 2.25. The maximum Gasteiger partial charge on any atom is 0.169 e. The summed E-state index contributed by atoms with van der Waals surface area (Å²) in [6, 6.07) is 11.7. The van der Waals surface area contributed by atoms with Gasteiger partial charge in [-0.1, -0.05) is 56.3 Å². The average molecular weight is 242 g/mol. The first-order valence-corrected chi connectivity index (χ1v) is 9.10. The molecule has 1 aromatic rings. The smallest absolute Gasteiger partial charge is 0.126 e. The number of hydrogen-bond acceptors (Lipinski definition) is 0. The molecule has 1 unspecified atom stereocenters. The number of benzene rings is 1. The highest BCUT2D eigenvalue weighted by molar-refractivity contribution is 6.97. The monoisotopic (exact) mass is 242 g/mol. The third kappa shape index (κ3) is 4.24. The summed E-state index contributed by atoms with van der Waals surface area (Å²) >= 11 is 0. The van der Waals surface area contributed by atoms with Gasteiger partial charge in [-0.3, -0.25) is 0 Å². The fraction of sp³-hybridized carbons (Fsp3) is 0.375. The minimum atomic E-state index is -1.65. The van der Waals surface area contributed by atoms with Gasteiger partial charge in [-0.05, 0) is 17.7 Å². The lowest BCUT2D eigenvalue weighted by molar-refractivity contribution is 0.828. The van der Waals surface area contributed by atoms with Gasteiger partial charge in [0.05, 0.1) is 0 Å². The molecule has 0 radical (unpaired) electrons. The van der Waals surface area contributed by atoms with Crippen molar-refractivity contribution in [1.82, 2.24) is 0 Å². The molecular formula is C16H22Si. The fourth-order valence-electron chi connectivity index (χ4n) is 1.86. The van der Waals surface area contributed by atoms with Gasteiger partial charge in [0.25, 0.3) is 0 Å². The number of allylic oxidation sites excluding steroid dienone is 1. The summed E-state index contributed by atoms with van der Waals surface area (Å²) in [5.74, 6) is 3.37. The molecule has 0 amide bonds. The van der Waals surface area contributed by atoms with E-state index in [9.17, 15) is 0 Å². The Labute approximate surface area is 107 Å². The van der Waals surface area contributed by atoms with Crippen LogP contribution < -0.4 is 5.19 Å². The lowest BCUT2D eigenvalue weighted by Crippen LogP contribution is -2.42. The van der Waals surface area contributed by atoms with Gasteiger partial charge < -0.3 is 0 Å². The van der Waals surface area contributed by atoms with Gasteiger partial charge in [-0.25, -0.2) is 0 Å². The summed E-state index contributed by atoms with van der Waals surface area (Å²) < 4.78 is 0. The van der Waals surface area contributed by atoms with E-state index < -0.39 is 8.07 Å². The van der Waals surface area contributed by atoms with Crippen molar-refractivity contribution in [2.75, 3.05) is 0 Å². The SMILES string of the molecule is C=CC[Si](C)(C#CCCCC)c1ccccc1. The molecule has 0 bridgehead atoms. The maximum absolute atomic E-state index is 3.88. The molecule has 1 rings (SSSR count). The Hall–Kier alpha value is -1.26. The van der Waals surface area contributed by atoms with Crippen LogP contribution in [-0.4, -0.2) is 8.07 Å². The second-order valence-electron chi connectivity index (χ2n) is 4.60. The van der Waals surface area contributed by atoms with Crippen molar-refractivity contribution in [3.05, 3.63) is 43.0 Å². The van der Waals surface area contributed by atoms with Crippen LogP contribution in [-0.2, 0) is 0 Å². The Bertz CT molecular complexity index is 397. The van der Waals surface area contributed by atoms with E-state index in [0.717, 1.165) is 12.5 Å². The standard InChI is InChI=1S/C16H22Si/c1-4-6-7-11-15-17(3,14-5-2)16-12-9-8-10-13-16/h5,8-10,12-13H,2,4,6-7,14H2,1,3H3. The van der Waals surface area contributed by atoms with Crippen LogP contribution in [0.4, 0.5) is 0 Å². The zero-order chi connectivity index (χ0) is 12.6. The van der Waals surface area contributed by atoms with Crippen molar-refractivity contribution >= 4 is 13.3 Å². The van der Waals surface area contributed by atoms with E-state index in [-0.39, 0.29) is 0 Å². The van der Waals surface area contributed by atoms with E-state index in [1.54, 1.807) is 0 Å². The largest absolute Gasteiger partial charge is 0.169 e. The molecule has 0 saturated heterocycles. The molecule has 1 aromatic carbocycles. The number of hydrogen-bond donors (Lipinski definition) is 0. The molecule has 0 spiro atoms. The summed E-state index contributed by atoms with van der Waals surface area (Å²) in [6.45, 7) is 8.43. The molecule has 0 aliphatic carbocycles. The molecule has 0 aromatic heterocycles. The summed E-state index contributed by atoms with van der Waals surface area (Å²) in [6.07, 6.45) is 5.48. The molecule has 0 aliphatic heterocycles.